The molecule has 0 radical (unpaired) electrons. The number of benzene rings is 1. The molecular weight excluding hydrogens is 423 g/mol. The normalized spacial score (nSPS) is 10.8. The van der Waals surface area contributed by atoms with E-state index in [0.29, 0.717) is 6.54 Å². The van der Waals surface area contributed by atoms with Crippen LogP contribution in [0.5, 0.6) is 0 Å². The Balaban J connectivity index is 0.00000264. The fraction of sp³-hybridized carbons (Fsp3) is 0.294. The van der Waals surface area contributed by atoms with E-state index in [0.717, 1.165) is 36.2 Å². The monoisotopic (exact) mass is 444 g/mol. The molecule has 0 unspecified atom stereocenters. The van der Waals surface area contributed by atoms with Crippen LogP contribution in [0.25, 0.3) is 0 Å². The van der Waals surface area contributed by atoms with Gasteiger partial charge in [0.2, 0.25) is 0 Å². The van der Waals surface area contributed by atoms with E-state index < -0.39 is 0 Å². The molecule has 0 bridgehead atoms. The molecular formula is C17H22ClIN4. The zero-order valence-corrected chi connectivity index (χ0v) is 16.2. The van der Waals surface area contributed by atoms with Gasteiger partial charge in [-0.3, -0.25) is 4.98 Å². The van der Waals surface area contributed by atoms with Gasteiger partial charge < -0.3 is 10.6 Å². The molecule has 0 aliphatic heterocycles. The van der Waals surface area contributed by atoms with Gasteiger partial charge in [0, 0.05) is 24.3 Å². The molecule has 0 saturated carbocycles. The third-order valence-corrected chi connectivity index (χ3v) is 3.34. The number of hydrogen-bond donors (Lipinski definition) is 2. The third kappa shape index (κ3) is 7.65. The Morgan fingerprint density at radius 1 is 1.13 bits per heavy atom. The molecule has 124 valence electrons. The lowest BCUT2D eigenvalue weighted by Crippen LogP contribution is -2.38. The fourth-order valence-corrected chi connectivity index (χ4v) is 2.10. The van der Waals surface area contributed by atoms with Crippen LogP contribution in [0.2, 0.25) is 5.02 Å². The molecule has 2 rings (SSSR count). The summed E-state index contributed by atoms with van der Waals surface area (Å²) in [5.41, 5.74) is 2.20. The van der Waals surface area contributed by atoms with Crippen molar-refractivity contribution in [3.8, 4) is 0 Å². The van der Waals surface area contributed by atoms with Crippen LogP contribution >= 0.6 is 35.6 Å². The largest absolute Gasteiger partial charge is 0.357 e. The first-order valence-corrected chi connectivity index (χ1v) is 7.82. The van der Waals surface area contributed by atoms with Crippen LogP contribution in [-0.4, -0.2) is 24.0 Å². The molecule has 0 spiro atoms. The lowest BCUT2D eigenvalue weighted by atomic mass is 10.1. The molecule has 0 fully saturated rings. The van der Waals surface area contributed by atoms with Crippen LogP contribution < -0.4 is 10.6 Å². The highest BCUT2D eigenvalue weighted by Crippen LogP contribution is 2.09. The summed E-state index contributed by atoms with van der Waals surface area (Å²) in [6.07, 6.45) is 2.71. The number of halogens is 2. The van der Waals surface area contributed by atoms with E-state index in [1.54, 1.807) is 6.20 Å². The van der Waals surface area contributed by atoms with E-state index in [2.05, 4.69) is 27.5 Å². The summed E-state index contributed by atoms with van der Waals surface area (Å²) in [6.45, 7) is 4.26. The van der Waals surface area contributed by atoms with Crippen molar-refractivity contribution in [3.05, 3.63) is 64.9 Å². The first-order valence-electron chi connectivity index (χ1n) is 7.44. The summed E-state index contributed by atoms with van der Waals surface area (Å²) in [6, 6.07) is 13.8. The number of nitrogens with zero attached hydrogens (tertiary/aromatic N) is 2. The number of nitrogens with one attached hydrogen (secondary N) is 2. The standard InChI is InChI=1S/C17H21ClN4.HI/c1-2-19-17(22-13-16-5-3-4-11-20-16)21-12-10-14-6-8-15(18)9-7-14;/h3-9,11H,2,10,12-13H2,1H3,(H2,19,21,22);1H. The number of rotatable bonds is 6. The molecule has 23 heavy (non-hydrogen) atoms. The van der Waals surface area contributed by atoms with Crippen molar-refractivity contribution in [2.24, 2.45) is 4.99 Å². The summed E-state index contributed by atoms with van der Waals surface area (Å²) in [7, 11) is 0. The molecule has 0 aliphatic rings. The van der Waals surface area contributed by atoms with Gasteiger partial charge in [0.05, 0.1) is 12.2 Å². The van der Waals surface area contributed by atoms with Crippen LogP contribution in [0.15, 0.2) is 53.7 Å². The second-order valence-corrected chi connectivity index (χ2v) is 5.26. The molecule has 4 nitrogen and oxygen atoms in total. The first kappa shape index (κ1) is 19.7. The summed E-state index contributed by atoms with van der Waals surface area (Å²) < 4.78 is 0. The average Bonchev–Trinajstić information content (AvgIpc) is 2.55. The van der Waals surface area contributed by atoms with Crippen molar-refractivity contribution in [3.63, 3.8) is 0 Å². The minimum absolute atomic E-state index is 0. The molecule has 0 amide bonds. The highest BCUT2D eigenvalue weighted by Gasteiger charge is 1.99. The van der Waals surface area contributed by atoms with Gasteiger partial charge >= 0.3 is 0 Å². The van der Waals surface area contributed by atoms with Crippen molar-refractivity contribution >= 4 is 41.5 Å². The smallest absolute Gasteiger partial charge is 0.191 e. The minimum atomic E-state index is 0. The quantitative estimate of drug-likeness (QED) is 0.406. The average molecular weight is 445 g/mol. The van der Waals surface area contributed by atoms with Gasteiger partial charge in [0.25, 0.3) is 0 Å². The SMILES string of the molecule is CCNC(=NCc1ccccn1)NCCc1ccc(Cl)cc1.I. The van der Waals surface area contributed by atoms with E-state index in [-0.39, 0.29) is 24.0 Å². The second kappa shape index (κ2) is 11.2. The van der Waals surface area contributed by atoms with E-state index in [4.69, 9.17) is 11.6 Å². The molecule has 2 N–H and O–H groups in total. The number of guanidine groups is 1. The van der Waals surface area contributed by atoms with Gasteiger partial charge in [-0.25, -0.2) is 4.99 Å². The molecule has 0 saturated heterocycles. The number of hydrogen-bond acceptors (Lipinski definition) is 2. The van der Waals surface area contributed by atoms with E-state index in [1.807, 2.05) is 42.5 Å². The van der Waals surface area contributed by atoms with Crippen LogP contribution in [0.1, 0.15) is 18.2 Å². The molecule has 6 heteroatoms. The molecule has 2 aromatic rings. The third-order valence-electron chi connectivity index (χ3n) is 3.09. The molecule has 1 aromatic heterocycles. The Bertz CT molecular complexity index is 587. The number of pyridine rings is 1. The van der Waals surface area contributed by atoms with E-state index >= 15 is 0 Å². The van der Waals surface area contributed by atoms with E-state index in [1.165, 1.54) is 5.56 Å². The second-order valence-electron chi connectivity index (χ2n) is 4.82. The Kier molecular flexibility index (Phi) is 9.63. The predicted molar refractivity (Wildman–Crippen MR) is 108 cm³/mol. The van der Waals surface area contributed by atoms with E-state index in [9.17, 15) is 0 Å². The van der Waals surface area contributed by atoms with Crippen molar-refractivity contribution < 1.29 is 0 Å². The Morgan fingerprint density at radius 2 is 1.91 bits per heavy atom. The fourth-order valence-electron chi connectivity index (χ4n) is 1.97. The van der Waals surface area contributed by atoms with Gasteiger partial charge in [-0.2, -0.15) is 0 Å². The van der Waals surface area contributed by atoms with Crippen LogP contribution in [0.3, 0.4) is 0 Å². The van der Waals surface area contributed by atoms with Gasteiger partial charge in [-0.15, -0.1) is 24.0 Å². The maximum Gasteiger partial charge on any atom is 0.191 e. The van der Waals surface area contributed by atoms with Crippen LogP contribution in [0.4, 0.5) is 0 Å². The highest BCUT2D eigenvalue weighted by molar-refractivity contribution is 14.0. The molecule has 1 heterocycles. The van der Waals surface area contributed by atoms with Gasteiger partial charge in [0.1, 0.15) is 0 Å². The number of aromatic nitrogens is 1. The van der Waals surface area contributed by atoms with Gasteiger partial charge in [-0.1, -0.05) is 29.8 Å². The molecule has 0 aliphatic carbocycles. The van der Waals surface area contributed by atoms with Crippen molar-refractivity contribution in [2.75, 3.05) is 13.1 Å². The van der Waals surface area contributed by atoms with Crippen LogP contribution in [-0.2, 0) is 13.0 Å². The Hall–Kier alpha value is -1.34. The number of aliphatic imine (C=N–C) groups is 1. The molecule has 0 atom stereocenters. The summed E-state index contributed by atoms with van der Waals surface area (Å²) in [5.74, 6) is 0.808. The highest BCUT2D eigenvalue weighted by atomic mass is 127. The Labute approximate surface area is 159 Å². The predicted octanol–water partition coefficient (Wildman–Crippen LogP) is 3.65. The lowest BCUT2D eigenvalue weighted by Gasteiger charge is -2.11. The summed E-state index contributed by atoms with van der Waals surface area (Å²) in [5, 5.41) is 7.34. The lowest BCUT2D eigenvalue weighted by molar-refractivity contribution is 0.797. The molecule has 1 aromatic carbocycles. The van der Waals surface area contributed by atoms with Crippen molar-refractivity contribution in [1.82, 2.24) is 15.6 Å². The summed E-state index contributed by atoms with van der Waals surface area (Å²) in [4.78, 5) is 8.81. The van der Waals surface area contributed by atoms with Crippen LogP contribution in [0, 0.1) is 0 Å². The zero-order valence-electron chi connectivity index (χ0n) is 13.1. The zero-order chi connectivity index (χ0) is 15.6. The van der Waals surface area contributed by atoms with Crippen molar-refractivity contribution in [2.45, 2.75) is 19.9 Å². The maximum absolute atomic E-state index is 5.89. The van der Waals surface area contributed by atoms with Crippen molar-refractivity contribution in [1.29, 1.82) is 0 Å². The first-order chi connectivity index (χ1) is 10.8. The Morgan fingerprint density at radius 3 is 2.57 bits per heavy atom. The van der Waals surface area contributed by atoms with Gasteiger partial charge in [-0.05, 0) is 43.2 Å². The maximum atomic E-state index is 5.89. The minimum Gasteiger partial charge on any atom is -0.357 e. The van der Waals surface area contributed by atoms with Gasteiger partial charge in [0.15, 0.2) is 5.96 Å². The topological polar surface area (TPSA) is 49.3 Å². The summed E-state index contributed by atoms with van der Waals surface area (Å²) >= 11 is 5.89.